The molecule has 7 heteroatoms. The van der Waals surface area contributed by atoms with Gasteiger partial charge in [0.1, 0.15) is 5.82 Å². The molecule has 1 aliphatic heterocycles. The fourth-order valence-corrected chi connectivity index (χ4v) is 3.72. The Morgan fingerprint density at radius 2 is 2.15 bits per heavy atom. The van der Waals surface area contributed by atoms with E-state index in [4.69, 9.17) is 11.6 Å². The third kappa shape index (κ3) is 5.25. The number of carbonyl (C=O) groups excluding carboxylic acids is 1. The van der Waals surface area contributed by atoms with Crippen LogP contribution in [-0.2, 0) is 6.54 Å². The largest absolute Gasteiger partial charge is 0.348 e. The molecule has 0 unspecified atom stereocenters. The van der Waals surface area contributed by atoms with E-state index in [2.05, 4.69) is 20.1 Å². The number of amides is 1. The minimum atomic E-state index is -0.565. The van der Waals surface area contributed by atoms with Gasteiger partial charge in [-0.1, -0.05) is 17.7 Å². The molecule has 1 N–H and O–H groups in total. The smallest absolute Gasteiger partial charge is 0.254 e. The molecule has 2 atom stereocenters. The normalized spacial score (nSPS) is 20.2. The van der Waals surface area contributed by atoms with Crippen molar-refractivity contribution >= 4 is 17.5 Å². The van der Waals surface area contributed by atoms with Gasteiger partial charge in [-0.05, 0) is 44.4 Å². The number of carbonyl (C=O) groups is 1. The van der Waals surface area contributed by atoms with E-state index in [1.54, 1.807) is 6.20 Å². The lowest BCUT2D eigenvalue weighted by molar-refractivity contribution is 0.0922. The molecular formula is C20H24ClFN4O. The van der Waals surface area contributed by atoms with Crippen molar-refractivity contribution in [3.63, 3.8) is 0 Å². The van der Waals surface area contributed by atoms with Gasteiger partial charge < -0.3 is 10.2 Å². The van der Waals surface area contributed by atoms with Crippen molar-refractivity contribution in [3.8, 4) is 0 Å². The Kier molecular flexibility index (Phi) is 6.42. The zero-order valence-corrected chi connectivity index (χ0v) is 16.3. The molecule has 1 fully saturated rings. The molecule has 0 bridgehead atoms. The maximum Gasteiger partial charge on any atom is 0.254 e. The highest BCUT2D eigenvalue weighted by atomic mass is 35.5. The maximum atomic E-state index is 14.0. The van der Waals surface area contributed by atoms with Gasteiger partial charge in [0.2, 0.25) is 0 Å². The molecule has 0 radical (unpaired) electrons. The second-order valence-electron chi connectivity index (χ2n) is 7.24. The number of benzene rings is 1. The Hall–Kier alpha value is -2.02. The summed E-state index contributed by atoms with van der Waals surface area (Å²) < 4.78 is 14.0. The van der Waals surface area contributed by atoms with Crippen LogP contribution in [-0.4, -0.2) is 60.5 Å². The van der Waals surface area contributed by atoms with Crippen LogP contribution < -0.4 is 5.32 Å². The average molecular weight is 391 g/mol. The predicted octanol–water partition coefficient (Wildman–Crippen LogP) is 2.67. The fraction of sp³-hybridized carbons (Fsp3) is 0.400. The Labute approximate surface area is 164 Å². The molecule has 1 aromatic carbocycles. The van der Waals surface area contributed by atoms with Crippen LogP contribution in [0.5, 0.6) is 0 Å². The number of halogens is 2. The van der Waals surface area contributed by atoms with Crippen LogP contribution in [0, 0.1) is 11.7 Å². The van der Waals surface area contributed by atoms with Crippen molar-refractivity contribution in [2.75, 3.05) is 33.7 Å². The molecule has 2 heterocycles. The van der Waals surface area contributed by atoms with Gasteiger partial charge in [-0.2, -0.15) is 0 Å². The number of pyridine rings is 1. The second kappa shape index (κ2) is 8.78. The first kappa shape index (κ1) is 19.7. The van der Waals surface area contributed by atoms with Crippen molar-refractivity contribution in [1.82, 2.24) is 20.1 Å². The third-order valence-electron chi connectivity index (χ3n) is 4.72. The molecule has 2 aromatic rings. The minimum Gasteiger partial charge on any atom is -0.348 e. The number of rotatable bonds is 6. The number of nitrogens with one attached hydrogen (secondary N) is 1. The lowest BCUT2D eigenvalue weighted by Gasteiger charge is -2.23. The minimum absolute atomic E-state index is 0.0192. The van der Waals surface area contributed by atoms with Gasteiger partial charge in [-0.25, -0.2) is 4.39 Å². The first-order valence-corrected chi connectivity index (χ1v) is 9.33. The van der Waals surface area contributed by atoms with Crippen LogP contribution in [0.4, 0.5) is 4.39 Å². The summed E-state index contributed by atoms with van der Waals surface area (Å²) in [6.45, 7) is 3.10. The summed E-state index contributed by atoms with van der Waals surface area (Å²) >= 11 is 5.92. The summed E-state index contributed by atoms with van der Waals surface area (Å²) in [7, 11) is 4.02. The van der Waals surface area contributed by atoms with E-state index in [1.807, 2.05) is 32.3 Å². The maximum absolute atomic E-state index is 14.0. The van der Waals surface area contributed by atoms with Gasteiger partial charge in [0.05, 0.1) is 11.3 Å². The van der Waals surface area contributed by atoms with Gasteiger partial charge in [0, 0.05) is 49.4 Å². The van der Waals surface area contributed by atoms with E-state index < -0.39 is 11.7 Å². The highest BCUT2D eigenvalue weighted by Gasteiger charge is 2.34. The van der Waals surface area contributed by atoms with Crippen molar-refractivity contribution in [2.45, 2.75) is 12.6 Å². The summed E-state index contributed by atoms with van der Waals surface area (Å²) in [5.74, 6) is -0.747. The molecule has 5 nitrogen and oxygen atoms in total. The molecule has 3 rings (SSSR count). The summed E-state index contributed by atoms with van der Waals surface area (Å²) in [4.78, 5) is 21.4. The van der Waals surface area contributed by atoms with Crippen molar-refractivity contribution in [3.05, 3.63) is 64.7 Å². The Balaban J connectivity index is 1.71. The van der Waals surface area contributed by atoms with Crippen LogP contribution in [0.25, 0.3) is 0 Å². The quantitative estimate of drug-likeness (QED) is 0.823. The van der Waals surface area contributed by atoms with Gasteiger partial charge in [0.25, 0.3) is 5.91 Å². The Bertz CT molecular complexity index is 787. The van der Waals surface area contributed by atoms with Crippen LogP contribution in [0.3, 0.4) is 0 Å². The van der Waals surface area contributed by atoms with Crippen molar-refractivity contribution in [2.24, 2.45) is 5.92 Å². The van der Waals surface area contributed by atoms with Crippen molar-refractivity contribution in [1.29, 1.82) is 0 Å². The number of hydrogen-bond donors (Lipinski definition) is 1. The molecule has 0 saturated carbocycles. The van der Waals surface area contributed by atoms with E-state index >= 15 is 0 Å². The molecule has 144 valence electrons. The summed E-state index contributed by atoms with van der Waals surface area (Å²) in [6.07, 6.45) is 1.78. The summed E-state index contributed by atoms with van der Waals surface area (Å²) in [5.41, 5.74) is 0.975. The topological polar surface area (TPSA) is 48.5 Å². The summed E-state index contributed by atoms with van der Waals surface area (Å²) in [6, 6.07) is 9.81. The van der Waals surface area contributed by atoms with E-state index in [-0.39, 0.29) is 17.5 Å². The number of likely N-dealkylation sites (tertiary alicyclic amines) is 1. The van der Waals surface area contributed by atoms with Gasteiger partial charge in [-0.3, -0.25) is 14.7 Å². The SMILES string of the molecule is CN(C)C[C@@H]1CN(Cc2ccccn2)C[C@H]1NC(=O)c1cc(Cl)ccc1F. The Morgan fingerprint density at radius 3 is 2.85 bits per heavy atom. The van der Waals surface area contributed by atoms with Gasteiger partial charge >= 0.3 is 0 Å². The average Bonchev–Trinajstić information content (AvgIpc) is 2.98. The van der Waals surface area contributed by atoms with Crippen LogP contribution in [0.1, 0.15) is 16.1 Å². The standard InChI is InChI=1S/C20H24ClFN4O/c1-25(2)10-14-11-26(12-16-5-3-4-8-23-16)13-19(14)24-20(27)17-9-15(21)6-7-18(17)22/h3-9,14,19H,10-13H2,1-2H3,(H,24,27)/t14-,19-/m1/s1. The highest BCUT2D eigenvalue weighted by molar-refractivity contribution is 6.31. The molecular weight excluding hydrogens is 367 g/mol. The first-order chi connectivity index (χ1) is 12.9. The van der Waals surface area contributed by atoms with Crippen molar-refractivity contribution < 1.29 is 9.18 Å². The fourth-order valence-electron chi connectivity index (χ4n) is 3.55. The molecule has 1 amide bonds. The lowest BCUT2D eigenvalue weighted by Crippen LogP contribution is -2.43. The van der Waals surface area contributed by atoms with Crippen LogP contribution in [0.2, 0.25) is 5.02 Å². The zero-order valence-electron chi connectivity index (χ0n) is 15.5. The van der Waals surface area contributed by atoms with Crippen LogP contribution in [0.15, 0.2) is 42.6 Å². The monoisotopic (exact) mass is 390 g/mol. The van der Waals surface area contributed by atoms with Crippen LogP contribution >= 0.6 is 11.6 Å². The van der Waals surface area contributed by atoms with E-state index in [0.29, 0.717) is 11.6 Å². The lowest BCUT2D eigenvalue weighted by atomic mass is 10.0. The zero-order chi connectivity index (χ0) is 19.4. The number of aromatic nitrogens is 1. The van der Waals surface area contributed by atoms with E-state index in [9.17, 15) is 9.18 Å². The molecule has 1 aliphatic rings. The van der Waals surface area contributed by atoms with E-state index in [0.717, 1.165) is 25.3 Å². The number of nitrogens with zero attached hydrogens (tertiary/aromatic N) is 3. The molecule has 0 aliphatic carbocycles. The summed E-state index contributed by atoms with van der Waals surface area (Å²) in [5, 5.41) is 3.35. The molecule has 0 spiro atoms. The van der Waals surface area contributed by atoms with Gasteiger partial charge in [0.15, 0.2) is 0 Å². The molecule has 1 saturated heterocycles. The third-order valence-corrected chi connectivity index (χ3v) is 4.95. The highest BCUT2D eigenvalue weighted by Crippen LogP contribution is 2.21. The second-order valence-corrected chi connectivity index (χ2v) is 7.68. The van der Waals surface area contributed by atoms with Gasteiger partial charge in [-0.15, -0.1) is 0 Å². The predicted molar refractivity (Wildman–Crippen MR) is 104 cm³/mol. The molecule has 1 aromatic heterocycles. The Morgan fingerprint density at radius 1 is 1.33 bits per heavy atom. The first-order valence-electron chi connectivity index (χ1n) is 8.95. The molecule has 27 heavy (non-hydrogen) atoms. The number of hydrogen-bond acceptors (Lipinski definition) is 4. The van der Waals surface area contributed by atoms with E-state index in [1.165, 1.54) is 18.2 Å².